The molecule has 434 valence electrons. The molecule has 0 radical (unpaired) electrons. The van der Waals surface area contributed by atoms with Gasteiger partial charge in [0, 0.05) is 44.6 Å². The SMILES string of the molecule is C=CCOC(=O)N[C@@H]1[C@H](O)[C@H](O[C@H]2/C=C/C=C/C=C/C=C/C=C/C=C/C=C/[C@H](C)[C@@H](O)[C@@H](C)[C@H](C)OC(=O)C[C@H](O)C[C@H](O)CC[C@@H](O)[C@H](O)C[C@H](O)C[C@]3(OC)C[C@H](O)[C@@H](NC(=O)NCC(C)=O)[C@H](C2)O3)O[C@H](C)[C@H]1O. The van der Waals surface area contributed by atoms with Gasteiger partial charge in [0.15, 0.2) is 12.1 Å². The molecule has 19 atom stereocenters. The predicted molar refractivity (Wildman–Crippen MR) is 282 cm³/mol. The first-order chi connectivity index (χ1) is 36.5. The molecule has 3 aliphatic heterocycles. The Morgan fingerprint density at radius 1 is 0.701 bits per heavy atom. The molecular weight excluding hydrogens is 1010 g/mol. The van der Waals surface area contributed by atoms with E-state index in [9.17, 15) is 65.1 Å². The van der Waals surface area contributed by atoms with Crippen molar-refractivity contribution in [2.45, 2.75) is 189 Å². The second kappa shape index (κ2) is 34.2. The largest absolute Gasteiger partial charge is 0.462 e. The Bertz CT molecular complexity index is 2050. The highest BCUT2D eigenvalue weighted by Gasteiger charge is 2.50. The van der Waals surface area contributed by atoms with Gasteiger partial charge in [0.25, 0.3) is 0 Å². The number of hydrogen-bond donors (Lipinski definition) is 12. The number of rotatable bonds is 9. The lowest BCUT2D eigenvalue weighted by atomic mass is 9.86. The highest BCUT2D eigenvalue weighted by molar-refractivity contribution is 5.83. The molecule has 3 heterocycles. The minimum Gasteiger partial charge on any atom is -0.462 e. The molecule has 0 saturated carbocycles. The molecular formula is C55H85N3O19. The number of nitrogens with one attached hydrogen (secondary N) is 3. The van der Waals surface area contributed by atoms with Crippen molar-refractivity contribution in [1.82, 2.24) is 16.0 Å². The van der Waals surface area contributed by atoms with Gasteiger partial charge in [-0.25, -0.2) is 9.59 Å². The van der Waals surface area contributed by atoms with Crippen LogP contribution >= 0.6 is 0 Å². The molecule has 2 saturated heterocycles. The number of alkyl carbamates (subject to hydrolysis) is 1. The second-order valence-electron chi connectivity index (χ2n) is 19.9. The van der Waals surface area contributed by atoms with Crippen molar-refractivity contribution in [3.05, 3.63) is 97.7 Å². The summed E-state index contributed by atoms with van der Waals surface area (Å²) in [7, 11) is 1.26. The molecule has 3 amide bonds. The minimum atomic E-state index is -1.81. The van der Waals surface area contributed by atoms with Crippen LogP contribution in [-0.2, 0) is 38.0 Å². The third kappa shape index (κ3) is 23.5. The molecule has 2 bridgehead atoms. The van der Waals surface area contributed by atoms with Crippen LogP contribution in [0, 0.1) is 11.8 Å². The van der Waals surface area contributed by atoms with E-state index in [-0.39, 0.29) is 57.0 Å². The first-order valence-corrected chi connectivity index (χ1v) is 26.1. The van der Waals surface area contributed by atoms with Gasteiger partial charge in [-0.1, -0.05) is 112 Å². The van der Waals surface area contributed by atoms with Crippen molar-refractivity contribution in [1.29, 1.82) is 0 Å². The number of ether oxygens (including phenoxy) is 6. The first kappa shape index (κ1) is 66.4. The summed E-state index contributed by atoms with van der Waals surface area (Å²) < 4.78 is 35.2. The summed E-state index contributed by atoms with van der Waals surface area (Å²) in [4.78, 5) is 50.2. The lowest BCUT2D eigenvalue weighted by molar-refractivity contribution is -0.311. The van der Waals surface area contributed by atoms with E-state index in [0.29, 0.717) is 0 Å². The molecule has 3 rings (SSSR count). The Labute approximate surface area is 451 Å². The van der Waals surface area contributed by atoms with E-state index in [1.54, 1.807) is 86.8 Å². The van der Waals surface area contributed by atoms with Crippen molar-refractivity contribution in [3.8, 4) is 0 Å². The predicted octanol–water partition coefficient (Wildman–Crippen LogP) is 1.88. The molecule has 2 fully saturated rings. The van der Waals surface area contributed by atoms with Crippen LogP contribution < -0.4 is 16.0 Å². The number of aliphatic hydroxyl groups is 9. The number of allylic oxidation sites excluding steroid dienone is 12. The number of carbonyl (C=O) groups excluding carboxylic acids is 4. The van der Waals surface area contributed by atoms with Crippen molar-refractivity contribution in [3.63, 3.8) is 0 Å². The van der Waals surface area contributed by atoms with Crippen LogP contribution in [0.15, 0.2) is 97.7 Å². The van der Waals surface area contributed by atoms with Gasteiger partial charge in [-0.2, -0.15) is 0 Å². The average molecular weight is 1090 g/mol. The Hall–Kier alpha value is -4.92. The van der Waals surface area contributed by atoms with Gasteiger partial charge in [0.05, 0.1) is 86.1 Å². The van der Waals surface area contributed by atoms with Crippen LogP contribution in [0.25, 0.3) is 0 Å². The number of cyclic esters (lactones) is 1. The molecule has 3 aliphatic rings. The van der Waals surface area contributed by atoms with Gasteiger partial charge in [0.1, 0.15) is 30.7 Å². The van der Waals surface area contributed by atoms with Crippen LogP contribution in [0.4, 0.5) is 9.59 Å². The summed E-state index contributed by atoms with van der Waals surface area (Å²) >= 11 is 0. The van der Waals surface area contributed by atoms with Crippen molar-refractivity contribution >= 4 is 23.9 Å². The maximum absolute atomic E-state index is 13.2. The van der Waals surface area contributed by atoms with Crippen LogP contribution in [0.1, 0.15) is 86.0 Å². The summed E-state index contributed by atoms with van der Waals surface area (Å²) in [5.41, 5.74) is 0. The molecule has 0 unspecified atom stereocenters. The number of urea groups is 1. The lowest BCUT2D eigenvalue weighted by Gasteiger charge is -2.48. The molecule has 0 aromatic heterocycles. The third-order valence-corrected chi connectivity index (χ3v) is 13.4. The van der Waals surface area contributed by atoms with E-state index in [0.717, 1.165) is 0 Å². The number of amides is 3. The first-order valence-electron chi connectivity index (χ1n) is 26.1. The summed E-state index contributed by atoms with van der Waals surface area (Å²) in [5, 5.41) is 107. The fraction of sp³-hybridized carbons (Fsp3) is 0.636. The van der Waals surface area contributed by atoms with Crippen LogP contribution in [0.5, 0.6) is 0 Å². The summed E-state index contributed by atoms with van der Waals surface area (Å²) in [6, 6.07) is -3.41. The number of ketones is 1. The molecule has 0 aromatic rings. The van der Waals surface area contributed by atoms with E-state index in [4.69, 9.17) is 28.4 Å². The normalized spacial score (nSPS) is 39.9. The Balaban J connectivity index is 2.01. The number of fused-ring (bicyclic) bond motifs is 2. The van der Waals surface area contributed by atoms with E-state index >= 15 is 0 Å². The summed E-state index contributed by atoms with van der Waals surface area (Å²) in [6.45, 7) is 11.0. The molecule has 0 aliphatic carbocycles. The minimum absolute atomic E-state index is 0.104. The van der Waals surface area contributed by atoms with Gasteiger partial charge in [-0.15, -0.1) is 0 Å². The molecule has 22 heteroatoms. The van der Waals surface area contributed by atoms with Gasteiger partial charge in [-0.3, -0.25) is 9.59 Å². The Morgan fingerprint density at radius 2 is 1.31 bits per heavy atom. The quantitative estimate of drug-likeness (QED) is 0.116. The fourth-order valence-electron chi connectivity index (χ4n) is 8.88. The molecule has 0 aromatic carbocycles. The average Bonchev–Trinajstić information content (AvgIpc) is 3.37. The number of aliphatic hydroxyl groups excluding tert-OH is 9. The van der Waals surface area contributed by atoms with E-state index in [2.05, 4.69) is 22.5 Å². The van der Waals surface area contributed by atoms with Crippen LogP contribution in [-0.4, -0.2) is 194 Å². The van der Waals surface area contributed by atoms with E-state index in [1.807, 2.05) is 19.1 Å². The zero-order valence-corrected chi connectivity index (χ0v) is 44.9. The monoisotopic (exact) mass is 1090 g/mol. The second-order valence-corrected chi connectivity index (χ2v) is 19.9. The zero-order chi connectivity index (χ0) is 57.2. The highest BCUT2D eigenvalue weighted by Crippen LogP contribution is 2.37. The number of methoxy groups -OCH3 is 1. The number of Topliss-reactive ketones (excluding diaryl/α,β-unsaturated/α-hetero) is 1. The van der Waals surface area contributed by atoms with Crippen molar-refractivity contribution < 1.29 is 93.6 Å². The van der Waals surface area contributed by atoms with Crippen LogP contribution in [0.2, 0.25) is 0 Å². The Kier molecular flexibility index (Phi) is 29.4. The van der Waals surface area contributed by atoms with Gasteiger partial charge < -0.3 is 90.3 Å². The highest BCUT2D eigenvalue weighted by atomic mass is 16.7. The Morgan fingerprint density at radius 3 is 1.91 bits per heavy atom. The van der Waals surface area contributed by atoms with E-state index < -0.39 is 147 Å². The van der Waals surface area contributed by atoms with Gasteiger partial charge in [0.2, 0.25) is 0 Å². The van der Waals surface area contributed by atoms with Gasteiger partial charge in [-0.05, 0) is 40.0 Å². The van der Waals surface area contributed by atoms with Crippen molar-refractivity contribution in [2.24, 2.45) is 11.8 Å². The van der Waals surface area contributed by atoms with Gasteiger partial charge >= 0.3 is 18.1 Å². The zero-order valence-electron chi connectivity index (χ0n) is 44.9. The fourth-order valence-corrected chi connectivity index (χ4v) is 8.88. The van der Waals surface area contributed by atoms with E-state index in [1.165, 1.54) is 27.0 Å². The summed E-state index contributed by atoms with van der Waals surface area (Å²) in [5.74, 6) is -3.66. The van der Waals surface area contributed by atoms with Crippen LogP contribution in [0.3, 0.4) is 0 Å². The maximum Gasteiger partial charge on any atom is 0.407 e. The smallest absolute Gasteiger partial charge is 0.407 e. The third-order valence-electron chi connectivity index (χ3n) is 13.4. The topological polar surface area (TPSA) is 342 Å². The standard InChI is InChI=1S/C55H85N3O19/c1-8-25-73-54(71)58-48-50(68)37(6)75-52(51(48)69)76-41-22-20-18-16-14-12-10-9-11-13-15-17-19-21-33(2)49(67)35(4)36(5)74-46(66)28-39(61)26-38(60)23-24-42(63)43(64)27-40(62)30-55(72-7)31-44(65)47(45(29-41)77-55)57-53(70)56-32-34(3)59/h8-22,33,35-45,47-52,60-65,67-69H,1,23-32H2,2-7H3,(H,58,71)(H2,56,57,70)/b10-9+,13-11+,14-12+,17-15+,18-16+,21-19+,22-20+/t33-,35-,36-,37+,38+,39+,40-,41-,42+,43+,44-,45-,47+,48-,49+,50+,51-,52-,55+/m0/s1. The number of hydrogen-bond acceptors (Lipinski definition) is 19. The lowest BCUT2D eigenvalue weighted by Crippen LogP contribution is -2.65. The molecule has 77 heavy (non-hydrogen) atoms. The van der Waals surface area contributed by atoms with Crippen molar-refractivity contribution in [2.75, 3.05) is 20.3 Å². The maximum atomic E-state index is 13.2. The summed E-state index contributed by atoms with van der Waals surface area (Å²) in [6.07, 6.45) is 4.47. The molecule has 12 N–H and O–H groups in total. The number of carbonyl (C=O) groups is 4. The number of esters is 1. The molecule has 0 spiro atoms. The molecule has 22 nitrogen and oxygen atoms in total.